The summed E-state index contributed by atoms with van der Waals surface area (Å²) in [5.74, 6) is 1.21. The maximum absolute atomic E-state index is 5.46. The molecule has 0 aliphatic carbocycles. The van der Waals surface area contributed by atoms with Crippen LogP contribution in [0.1, 0.15) is 31.4 Å². The Balaban J connectivity index is 2.45. The molecule has 0 spiro atoms. The largest absolute Gasteiger partial charge is 0.464 e. The molecule has 0 radical (unpaired) electrons. The van der Waals surface area contributed by atoms with E-state index >= 15 is 0 Å². The molecular formula is C16H22N4O. The fourth-order valence-electron chi connectivity index (χ4n) is 1.96. The van der Waals surface area contributed by atoms with Crippen LogP contribution < -0.4 is 10.1 Å². The Morgan fingerprint density at radius 3 is 2.62 bits per heavy atom. The summed E-state index contributed by atoms with van der Waals surface area (Å²) in [6, 6.07) is 6.61. The summed E-state index contributed by atoms with van der Waals surface area (Å²) in [4.78, 5) is 13.2. The zero-order valence-electron chi connectivity index (χ0n) is 13.1. The molecule has 5 nitrogen and oxygen atoms in total. The molecule has 5 heteroatoms. The van der Waals surface area contributed by atoms with Gasteiger partial charge in [-0.15, -0.1) is 0 Å². The number of ether oxygens (including phenoxy) is 1. The number of anilines is 1. The number of nitrogens with zero attached hydrogens (tertiary/aromatic N) is 3. The van der Waals surface area contributed by atoms with Gasteiger partial charge in [-0.2, -0.15) is 15.0 Å². The molecule has 2 rings (SSSR count). The molecule has 0 saturated heterocycles. The highest BCUT2D eigenvalue weighted by atomic mass is 16.5. The quantitative estimate of drug-likeness (QED) is 0.882. The Morgan fingerprint density at radius 2 is 1.90 bits per heavy atom. The molecule has 21 heavy (non-hydrogen) atoms. The number of aryl methyl sites for hydroxylation is 2. The van der Waals surface area contributed by atoms with E-state index in [4.69, 9.17) is 4.74 Å². The van der Waals surface area contributed by atoms with Crippen LogP contribution in [0.2, 0.25) is 0 Å². The van der Waals surface area contributed by atoms with Crippen LogP contribution in [0.15, 0.2) is 18.2 Å². The first-order valence-corrected chi connectivity index (χ1v) is 7.34. The number of rotatable bonds is 6. The lowest BCUT2D eigenvalue weighted by molar-refractivity contribution is 0.312. The molecule has 2 aromatic rings. The van der Waals surface area contributed by atoms with E-state index in [0.717, 1.165) is 24.1 Å². The minimum atomic E-state index is 0.363. The summed E-state index contributed by atoms with van der Waals surface area (Å²) >= 11 is 0. The lowest BCUT2D eigenvalue weighted by Crippen LogP contribution is -2.09. The van der Waals surface area contributed by atoms with E-state index in [1.54, 1.807) is 0 Å². The molecule has 0 atom stereocenters. The first kappa shape index (κ1) is 15.2. The zero-order valence-corrected chi connectivity index (χ0v) is 13.1. The Labute approximate surface area is 125 Å². The van der Waals surface area contributed by atoms with Crippen LogP contribution in [0.4, 0.5) is 5.95 Å². The smallest absolute Gasteiger partial charge is 0.321 e. The molecule has 0 unspecified atom stereocenters. The summed E-state index contributed by atoms with van der Waals surface area (Å²) in [7, 11) is 0. The van der Waals surface area contributed by atoms with Gasteiger partial charge in [-0.1, -0.05) is 24.6 Å². The van der Waals surface area contributed by atoms with Gasteiger partial charge in [0.15, 0.2) is 5.82 Å². The van der Waals surface area contributed by atoms with Gasteiger partial charge in [-0.25, -0.2) is 0 Å². The SMILES string of the molecule is CCCNc1nc(OCC)nc(-c2cc(C)ccc2C)n1. The van der Waals surface area contributed by atoms with Gasteiger partial charge in [0, 0.05) is 12.1 Å². The van der Waals surface area contributed by atoms with E-state index in [1.807, 2.05) is 6.92 Å². The van der Waals surface area contributed by atoms with Gasteiger partial charge in [0.05, 0.1) is 6.61 Å². The van der Waals surface area contributed by atoms with Crippen LogP contribution in [0.5, 0.6) is 6.01 Å². The molecule has 0 fully saturated rings. The number of hydrogen-bond donors (Lipinski definition) is 1. The zero-order chi connectivity index (χ0) is 15.2. The minimum Gasteiger partial charge on any atom is -0.464 e. The normalized spacial score (nSPS) is 10.5. The van der Waals surface area contributed by atoms with Gasteiger partial charge in [0.25, 0.3) is 0 Å². The van der Waals surface area contributed by atoms with Crippen LogP contribution in [0.3, 0.4) is 0 Å². The molecule has 112 valence electrons. The monoisotopic (exact) mass is 286 g/mol. The highest BCUT2D eigenvalue weighted by Gasteiger charge is 2.11. The predicted octanol–water partition coefficient (Wildman–Crippen LogP) is 3.38. The predicted molar refractivity (Wildman–Crippen MR) is 84.7 cm³/mol. The first-order valence-electron chi connectivity index (χ1n) is 7.34. The average Bonchev–Trinajstić information content (AvgIpc) is 2.48. The van der Waals surface area contributed by atoms with E-state index in [0.29, 0.717) is 24.4 Å². The fourth-order valence-corrected chi connectivity index (χ4v) is 1.96. The van der Waals surface area contributed by atoms with Crippen molar-refractivity contribution in [3.8, 4) is 17.4 Å². The summed E-state index contributed by atoms with van der Waals surface area (Å²) in [6.45, 7) is 9.48. The van der Waals surface area contributed by atoms with E-state index in [1.165, 1.54) is 5.56 Å². The summed E-state index contributed by atoms with van der Waals surface area (Å²) in [5.41, 5.74) is 3.32. The minimum absolute atomic E-state index is 0.363. The number of benzene rings is 1. The Hall–Kier alpha value is -2.17. The van der Waals surface area contributed by atoms with Crippen molar-refractivity contribution in [2.45, 2.75) is 34.1 Å². The van der Waals surface area contributed by atoms with Gasteiger partial charge >= 0.3 is 6.01 Å². The van der Waals surface area contributed by atoms with Gasteiger partial charge < -0.3 is 10.1 Å². The van der Waals surface area contributed by atoms with Crippen LogP contribution in [-0.4, -0.2) is 28.1 Å². The highest BCUT2D eigenvalue weighted by molar-refractivity contribution is 5.62. The summed E-state index contributed by atoms with van der Waals surface area (Å²) in [5, 5.41) is 3.20. The topological polar surface area (TPSA) is 59.9 Å². The molecular weight excluding hydrogens is 264 g/mol. The molecule has 0 aliphatic rings. The van der Waals surface area contributed by atoms with Crippen LogP contribution in [0.25, 0.3) is 11.4 Å². The third-order valence-corrected chi connectivity index (χ3v) is 3.06. The Kier molecular flexibility index (Phi) is 5.09. The molecule has 0 saturated carbocycles. The maximum atomic E-state index is 5.46. The second kappa shape index (κ2) is 7.02. The third kappa shape index (κ3) is 3.90. The van der Waals surface area contributed by atoms with Crippen molar-refractivity contribution in [2.24, 2.45) is 0 Å². The van der Waals surface area contributed by atoms with Crippen molar-refractivity contribution in [1.82, 2.24) is 15.0 Å². The Bertz CT molecular complexity index is 613. The first-order chi connectivity index (χ1) is 10.1. The molecule has 0 amide bonds. The van der Waals surface area contributed by atoms with E-state index < -0.39 is 0 Å². The third-order valence-electron chi connectivity index (χ3n) is 3.06. The van der Waals surface area contributed by atoms with E-state index in [9.17, 15) is 0 Å². The average molecular weight is 286 g/mol. The fraction of sp³-hybridized carbons (Fsp3) is 0.438. The molecule has 0 bridgehead atoms. The van der Waals surface area contributed by atoms with E-state index in [2.05, 4.69) is 59.2 Å². The highest BCUT2D eigenvalue weighted by Crippen LogP contribution is 2.23. The van der Waals surface area contributed by atoms with Crippen molar-refractivity contribution >= 4 is 5.95 Å². The summed E-state index contributed by atoms with van der Waals surface area (Å²) < 4.78 is 5.46. The van der Waals surface area contributed by atoms with Gasteiger partial charge in [0.2, 0.25) is 5.95 Å². The van der Waals surface area contributed by atoms with E-state index in [-0.39, 0.29) is 0 Å². The number of nitrogens with one attached hydrogen (secondary N) is 1. The lowest BCUT2D eigenvalue weighted by Gasteiger charge is -2.10. The molecule has 1 heterocycles. The molecule has 0 aliphatic heterocycles. The maximum Gasteiger partial charge on any atom is 0.321 e. The van der Waals surface area contributed by atoms with Crippen molar-refractivity contribution in [1.29, 1.82) is 0 Å². The van der Waals surface area contributed by atoms with Gasteiger partial charge in [-0.05, 0) is 38.8 Å². The van der Waals surface area contributed by atoms with Crippen LogP contribution in [-0.2, 0) is 0 Å². The van der Waals surface area contributed by atoms with Gasteiger partial charge in [-0.3, -0.25) is 0 Å². The Morgan fingerprint density at radius 1 is 1.10 bits per heavy atom. The van der Waals surface area contributed by atoms with Crippen LogP contribution >= 0.6 is 0 Å². The lowest BCUT2D eigenvalue weighted by atomic mass is 10.1. The van der Waals surface area contributed by atoms with Crippen LogP contribution in [0, 0.1) is 13.8 Å². The second-order valence-corrected chi connectivity index (χ2v) is 4.94. The van der Waals surface area contributed by atoms with Crippen molar-refractivity contribution in [3.05, 3.63) is 29.3 Å². The molecule has 1 aromatic heterocycles. The van der Waals surface area contributed by atoms with Crippen molar-refractivity contribution in [2.75, 3.05) is 18.5 Å². The second-order valence-electron chi connectivity index (χ2n) is 4.94. The molecule has 1 N–H and O–H groups in total. The summed E-state index contributed by atoms with van der Waals surface area (Å²) in [6.07, 6.45) is 1.01. The van der Waals surface area contributed by atoms with Crippen molar-refractivity contribution < 1.29 is 4.74 Å². The number of aromatic nitrogens is 3. The van der Waals surface area contributed by atoms with Crippen molar-refractivity contribution in [3.63, 3.8) is 0 Å². The molecule has 1 aromatic carbocycles. The standard InChI is InChI=1S/C16H22N4O/c1-5-9-17-15-18-14(19-16(20-15)21-6-2)13-10-11(3)7-8-12(13)4/h7-8,10H,5-6,9H2,1-4H3,(H,17,18,19,20). The van der Waals surface area contributed by atoms with Gasteiger partial charge in [0.1, 0.15) is 0 Å². The number of hydrogen-bond acceptors (Lipinski definition) is 5.